The van der Waals surface area contributed by atoms with Crippen LogP contribution >= 0.6 is 0 Å². The number of carbonyl (C=O) groups excluding carboxylic acids is 1. The van der Waals surface area contributed by atoms with Crippen LogP contribution in [0, 0.1) is 10.8 Å². The molecule has 0 saturated heterocycles. The van der Waals surface area contributed by atoms with Crippen molar-refractivity contribution >= 4 is 5.91 Å². The molecule has 100 valence electrons. The highest BCUT2D eigenvalue weighted by molar-refractivity contribution is 5.85. The van der Waals surface area contributed by atoms with Crippen molar-refractivity contribution in [1.29, 1.82) is 0 Å². The first kappa shape index (κ1) is 14.5. The molecule has 3 heteroatoms. The van der Waals surface area contributed by atoms with E-state index in [1.54, 1.807) is 0 Å². The average Bonchev–Trinajstić information content (AvgIpc) is 2.09. The highest BCUT2D eigenvalue weighted by Crippen LogP contribution is 2.49. The fourth-order valence-corrected chi connectivity index (χ4v) is 3.87. The van der Waals surface area contributed by atoms with Crippen molar-refractivity contribution in [2.45, 2.75) is 65.8 Å². The Morgan fingerprint density at radius 2 is 1.59 bits per heavy atom. The Balaban J connectivity index is 2.99. The predicted octanol–water partition coefficient (Wildman–Crippen LogP) is 2.45. The molecule has 0 bridgehead atoms. The lowest BCUT2D eigenvalue weighted by molar-refractivity contribution is -0.130. The fourth-order valence-electron chi connectivity index (χ4n) is 3.87. The van der Waals surface area contributed by atoms with E-state index in [1.165, 1.54) is 0 Å². The lowest BCUT2D eigenvalue weighted by Gasteiger charge is -2.51. The lowest BCUT2D eigenvalue weighted by atomic mass is 9.58. The van der Waals surface area contributed by atoms with Crippen molar-refractivity contribution in [1.82, 2.24) is 5.32 Å². The summed E-state index contributed by atoms with van der Waals surface area (Å²) in [6.07, 6.45) is 3.86. The molecule has 0 aromatic heterocycles. The van der Waals surface area contributed by atoms with E-state index in [0.29, 0.717) is 0 Å². The summed E-state index contributed by atoms with van der Waals surface area (Å²) in [4.78, 5) is 11.9. The van der Waals surface area contributed by atoms with Gasteiger partial charge in [-0.3, -0.25) is 4.79 Å². The number of hydrogen-bond donors (Lipinski definition) is 2. The van der Waals surface area contributed by atoms with Crippen LogP contribution in [0.5, 0.6) is 0 Å². The molecular formula is C14H28N2O. The van der Waals surface area contributed by atoms with Crippen molar-refractivity contribution in [2.24, 2.45) is 16.6 Å². The minimum absolute atomic E-state index is 0.164. The first-order valence-electron chi connectivity index (χ1n) is 6.67. The van der Waals surface area contributed by atoms with Crippen LogP contribution in [0.3, 0.4) is 0 Å². The topological polar surface area (TPSA) is 55.1 Å². The number of primary amides is 1. The van der Waals surface area contributed by atoms with E-state index in [4.69, 9.17) is 5.73 Å². The van der Waals surface area contributed by atoms with Gasteiger partial charge in [-0.05, 0) is 43.1 Å². The summed E-state index contributed by atoms with van der Waals surface area (Å²) in [5.74, 6) is -0.188. The standard InChI is InChI=1S/C14H28N2O/c1-6-7-16-14(11(15)17)9-12(2,3)8-13(4,5)10-14/h16H,6-10H2,1-5H3,(H2,15,17). The Bertz CT molecular complexity index is 279. The normalized spacial score (nSPS) is 25.5. The lowest BCUT2D eigenvalue weighted by Crippen LogP contribution is -2.62. The summed E-state index contributed by atoms with van der Waals surface area (Å²) in [5, 5.41) is 3.42. The van der Waals surface area contributed by atoms with Gasteiger partial charge in [-0.1, -0.05) is 34.6 Å². The van der Waals surface area contributed by atoms with E-state index in [2.05, 4.69) is 39.9 Å². The van der Waals surface area contributed by atoms with Crippen LogP contribution < -0.4 is 11.1 Å². The molecule has 3 N–H and O–H groups in total. The quantitative estimate of drug-likeness (QED) is 0.793. The first-order valence-corrected chi connectivity index (χ1v) is 6.67. The summed E-state index contributed by atoms with van der Waals surface area (Å²) in [7, 11) is 0. The molecule has 1 amide bonds. The van der Waals surface area contributed by atoms with Crippen LogP contribution in [0.25, 0.3) is 0 Å². The van der Waals surface area contributed by atoms with E-state index >= 15 is 0 Å². The van der Waals surface area contributed by atoms with Gasteiger partial charge in [0, 0.05) is 0 Å². The molecule has 0 aromatic rings. The van der Waals surface area contributed by atoms with Gasteiger partial charge in [0.25, 0.3) is 0 Å². The second-order valence-corrected chi connectivity index (χ2v) is 7.23. The maximum atomic E-state index is 11.9. The molecular weight excluding hydrogens is 212 g/mol. The monoisotopic (exact) mass is 240 g/mol. The van der Waals surface area contributed by atoms with E-state index in [9.17, 15) is 4.79 Å². The van der Waals surface area contributed by atoms with Gasteiger partial charge in [0.2, 0.25) is 5.91 Å². The van der Waals surface area contributed by atoms with Crippen LogP contribution in [0.1, 0.15) is 60.3 Å². The maximum Gasteiger partial charge on any atom is 0.237 e. The molecule has 0 atom stereocenters. The van der Waals surface area contributed by atoms with Crippen molar-refractivity contribution in [2.75, 3.05) is 6.54 Å². The van der Waals surface area contributed by atoms with Gasteiger partial charge < -0.3 is 11.1 Å². The molecule has 0 unspecified atom stereocenters. The Kier molecular flexibility index (Phi) is 3.92. The molecule has 1 rings (SSSR count). The molecule has 1 aliphatic rings. The zero-order chi connectivity index (χ0) is 13.3. The summed E-state index contributed by atoms with van der Waals surface area (Å²) in [6, 6.07) is 0. The van der Waals surface area contributed by atoms with Crippen molar-refractivity contribution < 1.29 is 4.79 Å². The average molecular weight is 240 g/mol. The smallest absolute Gasteiger partial charge is 0.237 e. The van der Waals surface area contributed by atoms with E-state index in [-0.39, 0.29) is 16.7 Å². The molecule has 1 aliphatic carbocycles. The third kappa shape index (κ3) is 3.44. The molecule has 0 aliphatic heterocycles. The Morgan fingerprint density at radius 3 is 1.94 bits per heavy atom. The zero-order valence-corrected chi connectivity index (χ0v) is 12.0. The zero-order valence-electron chi connectivity index (χ0n) is 12.0. The molecule has 0 heterocycles. The van der Waals surface area contributed by atoms with Gasteiger partial charge in [0.1, 0.15) is 0 Å². The third-order valence-corrected chi connectivity index (χ3v) is 3.70. The first-order chi connectivity index (χ1) is 7.63. The van der Waals surface area contributed by atoms with Crippen molar-refractivity contribution in [3.05, 3.63) is 0 Å². The number of hydrogen-bond acceptors (Lipinski definition) is 2. The van der Waals surface area contributed by atoms with Gasteiger partial charge in [0.05, 0.1) is 5.54 Å². The van der Waals surface area contributed by atoms with Crippen molar-refractivity contribution in [3.8, 4) is 0 Å². The Hall–Kier alpha value is -0.570. The molecule has 1 saturated carbocycles. The molecule has 1 fully saturated rings. The second kappa shape index (κ2) is 4.60. The largest absolute Gasteiger partial charge is 0.368 e. The number of amides is 1. The van der Waals surface area contributed by atoms with Crippen LogP contribution in [-0.4, -0.2) is 18.0 Å². The fraction of sp³-hybridized carbons (Fsp3) is 0.929. The Morgan fingerprint density at radius 1 is 1.12 bits per heavy atom. The maximum absolute atomic E-state index is 11.9. The summed E-state index contributed by atoms with van der Waals surface area (Å²) in [5.41, 5.74) is 5.50. The number of nitrogens with one attached hydrogen (secondary N) is 1. The molecule has 17 heavy (non-hydrogen) atoms. The van der Waals surface area contributed by atoms with Crippen LogP contribution in [0.2, 0.25) is 0 Å². The highest BCUT2D eigenvalue weighted by Gasteiger charge is 2.50. The van der Waals surface area contributed by atoms with Gasteiger partial charge >= 0.3 is 0 Å². The molecule has 0 radical (unpaired) electrons. The van der Waals surface area contributed by atoms with Crippen LogP contribution in [0.15, 0.2) is 0 Å². The minimum atomic E-state index is -0.513. The van der Waals surface area contributed by atoms with Crippen LogP contribution in [-0.2, 0) is 4.79 Å². The summed E-state index contributed by atoms with van der Waals surface area (Å²) in [6.45, 7) is 11.9. The molecule has 0 spiro atoms. The number of rotatable bonds is 4. The van der Waals surface area contributed by atoms with E-state index in [1.807, 2.05) is 0 Å². The summed E-state index contributed by atoms with van der Waals surface area (Å²) >= 11 is 0. The number of carbonyl (C=O) groups is 1. The second-order valence-electron chi connectivity index (χ2n) is 7.23. The molecule has 3 nitrogen and oxygen atoms in total. The van der Waals surface area contributed by atoms with Crippen LogP contribution in [0.4, 0.5) is 0 Å². The third-order valence-electron chi connectivity index (χ3n) is 3.70. The van der Waals surface area contributed by atoms with E-state index < -0.39 is 5.54 Å². The van der Waals surface area contributed by atoms with Gasteiger partial charge in [-0.25, -0.2) is 0 Å². The van der Waals surface area contributed by atoms with Gasteiger partial charge in [-0.2, -0.15) is 0 Å². The predicted molar refractivity (Wildman–Crippen MR) is 71.6 cm³/mol. The SMILES string of the molecule is CCCNC1(C(N)=O)CC(C)(C)CC(C)(C)C1. The number of nitrogens with two attached hydrogens (primary N) is 1. The molecule has 0 aromatic carbocycles. The Labute approximate surface area is 106 Å². The van der Waals surface area contributed by atoms with Gasteiger partial charge in [-0.15, -0.1) is 0 Å². The van der Waals surface area contributed by atoms with Gasteiger partial charge in [0.15, 0.2) is 0 Å². The van der Waals surface area contributed by atoms with E-state index in [0.717, 1.165) is 32.2 Å². The highest BCUT2D eigenvalue weighted by atomic mass is 16.1. The van der Waals surface area contributed by atoms with Crippen molar-refractivity contribution in [3.63, 3.8) is 0 Å². The minimum Gasteiger partial charge on any atom is -0.368 e. The summed E-state index contributed by atoms with van der Waals surface area (Å²) < 4.78 is 0.